The maximum absolute atomic E-state index is 11.9. The van der Waals surface area contributed by atoms with Gasteiger partial charge in [0.25, 0.3) is 0 Å². The van der Waals surface area contributed by atoms with E-state index in [1.807, 2.05) is 72.8 Å². The van der Waals surface area contributed by atoms with Crippen molar-refractivity contribution in [1.29, 1.82) is 0 Å². The predicted octanol–water partition coefficient (Wildman–Crippen LogP) is 5.38. The topological polar surface area (TPSA) is 63.0 Å². The van der Waals surface area contributed by atoms with Gasteiger partial charge in [0.1, 0.15) is 0 Å². The molecule has 0 bridgehead atoms. The number of carbonyl (C=O) groups excluding carboxylic acids is 1. The van der Waals surface area contributed by atoms with Gasteiger partial charge in [-0.25, -0.2) is 4.79 Å². The lowest BCUT2D eigenvalue weighted by molar-refractivity contribution is 0.0437. The average molecular weight is 329 g/mol. The number of hydrogen-bond acceptors (Lipinski definition) is 5. The molecule has 1 unspecified atom stereocenters. The van der Waals surface area contributed by atoms with Crippen LogP contribution in [-0.4, -0.2) is 5.97 Å². The van der Waals surface area contributed by atoms with E-state index in [1.54, 1.807) is 6.07 Å². The van der Waals surface area contributed by atoms with Crippen molar-refractivity contribution in [1.82, 2.24) is 0 Å². The summed E-state index contributed by atoms with van der Waals surface area (Å²) in [6.45, 7) is 0. The van der Waals surface area contributed by atoms with Crippen LogP contribution in [-0.2, 0) is 4.74 Å². The third-order valence-electron chi connectivity index (χ3n) is 3.89. The molecule has 0 fully saturated rings. The van der Waals surface area contributed by atoms with E-state index < -0.39 is 6.23 Å². The standard InChI is InChI=1S/C20H15N3O2/c24-20-18-9-5-4-8-17(18)19(25-20)21-14-10-12-16(13-11-14)23-22-15-6-2-1-3-7-15/h1-13,19,21H. The Bertz CT molecular complexity index is 921. The zero-order chi connectivity index (χ0) is 17.1. The number of anilines is 1. The number of benzene rings is 3. The van der Waals surface area contributed by atoms with Crippen LogP contribution in [0.25, 0.3) is 0 Å². The second kappa shape index (κ2) is 6.57. The van der Waals surface area contributed by atoms with Crippen LogP contribution in [0.1, 0.15) is 22.1 Å². The van der Waals surface area contributed by atoms with E-state index in [1.165, 1.54) is 0 Å². The third-order valence-corrected chi connectivity index (χ3v) is 3.89. The Hall–Kier alpha value is -3.47. The van der Waals surface area contributed by atoms with Crippen LogP contribution in [0, 0.1) is 0 Å². The van der Waals surface area contributed by atoms with Gasteiger partial charge in [0.2, 0.25) is 6.23 Å². The number of nitrogens with zero attached hydrogens (tertiary/aromatic N) is 2. The molecule has 5 nitrogen and oxygen atoms in total. The van der Waals surface area contributed by atoms with Gasteiger partial charge in [-0.05, 0) is 42.5 Å². The molecular weight excluding hydrogens is 314 g/mol. The third kappa shape index (κ3) is 3.26. The highest BCUT2D eigenvalue weighted by molar-refractivity contribution is 5.94. The summed E-state index contributed by atoms with van der Waals surface area (Å²) in [5.41, 5.74) is 3.85. The Morgan fingerprint density at radius 1 is 0.760 bits per heavy atom. The lowest BCUT2D eigenvalue weighted by atomic mass is 10.1. The summed E-state index contributed by atoms with van der Waals surface area (Å²) in [7, 11) is 0. The molecule has 1 heterocycles. The molecule has 3 aromatic rings. The molecule has 1 N–H and O–H groups in total. The highest BCUT2D eigenvalue weighted by atomic mass is 16.6. The van der Waals surface area contributed by atoms with Crippen LogP contribution >= 0.6 is 0 Å². The zero-order valence-corrected chi connectivity index (χ0v) is 13.3. The molecule has 0 radical (unpaired) electrons. The number of hydrogen-bond donors (Lipinski definition) is 1. The van der Waals surface area contributed by atoms with Crippen LogP contribution < -0.4 is 5.32 Å². The SMILES string of the molecule is O=C1OC(Nc2ccc(N=Nc3ccccc3)cc2)c2ccccc21. The van der Waals surface area contributed by atoms with Crippen molar-refractivity contribution in [2.45, 2.75) is 6.23 Å². The van der Waals surface area contributed by atoms with Gasteiger partial charge >= 0.3 is 5.97 Å². The lowest BCUT2D eigenvalue weighted by Crippen LogP contribution is -2.09. The first kappa shape index (κ1) is 15.1. The number of cyclic esters (lactones) is 1. The minimum Gasteiger partial charge on any atom is -0.434 e. The fourth-order valence-corrected chi connectivity index (χ4v) is 2.64. The molecule has 0 aliphatic carbocycles. The van der Waals surface area contributed by atoms with Crippen LogP contribution in [0.4, 0.5) is 17.1 Å². The molecule has 5 heteroatoms. The highest BCUT2D eigenvalue weighted by Crippen LogP contribution is 2.31. The van der Waals surface area contributed by atoms with Crippen molar-refractivity contribution < 1.29 is 9.53 Å². The van der Waals surface area contributed by atoms with E-state index in [-0.39, 0.29) is 5.97 Å². The minimum atomic E-state index is -0.472. The molecule has 0 spiro atoms. The van der Waals surface area contributed by atoms with Gasteiger partial charge in [-0.3, -0.25) is 0 Å². The number of ether oxygens (including phenoxy) is 1. The molecule has 1 aliphatic rings. The van der Waals surface area contributed by atoms with Crippen LogP contribution in [0.3, 0.4) is 0 Å². The molecule has 3 aromatic carbocycles. The molecule has 0 amide bonds. The van der Waals surface area contributed by atoms with E-state index in [2.05, 4.69) is 15.5 Å². The maximum Gasteiger partial charge on any atom is 0.340 e. The van der Waals surface area contributed by atoms with Crippen LogP contribution in [0.15, 0.2) is 89.1 Å². The van der Waals surface area contributed by atoms with E-state index in [4.69, 9.17) is 4.74 Å². The van der Waals surface area contributed by atoms with Gasteiger partial charge in [-0.2, -0.15) is 10.2 Å². The monoisotopic (exact) mass is 329 g/mol. The summed E-state index contributed by atoms with van der Waals surface area (Å²) in [5, 5.41) is 11.6. The smallest absolute Gasteiger partial charge is 0.340 e. The first-order valence-electron chi connectivity index (χ1n) is 7.93. The average Bonchev–Trinajstić information content (AvgIpc) is 2.98. The van der Waals surface area contributed by atoms with E-state index in [9.17, 15) is 4.79 Å². The van der Waals surface area contributed by atoms with Crippen LogP contribution in [0.2, 0.25) is 0 Å². The second-order valence-corrected chi connectivity index (χ2v) is 5.60. The molecule has 0 saturated heterocycles. The first-order chi connectivity index (χ1) is 12.3. The maximum atomic E-state index is 11.9. The van der Waals surface area contributed by atoms with E-state index >= 15 is 0 Å². The van der Waals surface area contributed by atoms with Gasteiger partial charge in [0, 0.05) is 11.3 Å². The summed E-state index contributed by atoms with van der Waals surface area (Å²) in [6, 6.07) is 24.4. The molecule has 1 atom stereocenters. The fourth-order valence-electron chi connectivity index (χ4n) is 2.64. The zero-order valence-electron chi connectivity index (χ0n) is 13.3. The van der Waals surface area contributed by atoms with E-state index in [0.29, 0.717) is 5.56 Å². The number of azo groups is 1. The minimum absolute atomic E-state index is 0.304. The number of fused-ring (bicyclic) bond motifs is 1. The van der Waals surface area contributed by atoms with Crippen molar-refractivity contribution >= 4 is 23.0 Å². The summed E-state index contributed by atoms with van der Waals surface area (Å²) in [6.07, 6.45) is -0.472. The quantitative estimate of drug-likeness (QED) is 0.516. The number of carbonyl (C=O) groups is 1. The van der Waals surface area contributed by atoms with Crippen molar-refractivity contribution in [3.05, 3.63) is 90.0 Å². The summed E-state index contributed by atoms with van der Waals surface area (Å²) in [4.78, 5) is 11.9. The number of nitrogens with one attached hydrogen (secondary N) is 1. The Morgan fingerprint density at radius 3 is 2.16 bits per heavy atom. The molecule has 0 aromatic heterocycles. The van der Waals surface area contributed by atoms with Crippen molar-refractivity contribution in [2.75, 3.05) is 5.32 Å². The largest absolute Gasteiger partial charge is 0.434 e. The predicted molar refractivity (Wildman–Crippen MR) is 95.3 cm³/mol. The van der Waals surface area contributed by atoms with Crippen LogP contribution in [0.5, 0.6) is 0 Å². The Kier molecular flexibility index (Phi) is 3.96. The molecule has 4 rings (SSSR count). The number of rotatable bonds is 4. The normalized spacial score (nSPS) is 15.8. The Labute approximate surface area is 145 Å². The lowest BCUT2D eigenvalue weighted by Gasteiger charge is -2.14. The van der Waals surface area contributed by atoms with Crippen molar-refractivity contribution in [3.8, 4) is 0 Å². The summed E-state index contributed by atoms with van der Waals surface area (Å²) in [5.74, 6) is -0.304. The first-order valence-corrected chi connectivity index (χ1v) is 7.93. The molecule has 25 heavy (non-hydrogen) atoms. The molecule has 122 valence electrons. The van der Waals surface area contributed by atoms with Gasteiger partial charge in [0.15, 0.2) is 0 Å². The fraction of sp³-hybridized carbons (Fsp3) is 0.0500. The van der Waals surface area contributed by atoms with Gasteiger partial charge in [-0.15, -0.1) is 0 Å². The molecule has 0 saturated carbocycles. The van der Waals surface area contributed by atoms with Gasteiger partial charge in [-0.1, -0.05) is 36.4 Å². The number of esters is 1. The summed E-state index contributed by atoms with van der Waals surface area (Å²) < 4.78 is 5.38. The Morgan fingerprint density at radius 2 is 1.40 bits per heavy atom. The van der Waals surface area contributed by atoms with Gasteiger partial charge < -0.3 is 10.1 Å². The highest BCUT2D eigenvalue weighted by Gasteiger charge is 2.30. The van der Waals surface area contributed by atoms with Crippen molar-refractivity contribution in [2.24, 2.45) is 10.2 Å². The molecular formula is C20H15N3O2. The van der Waals surface area contributed by atoms with E-state index in [0.717, 1.165) is 22.6 Å². The second-order valence-electron chi connectivity index (χ2n) is 5.60. The Balaban J connectivity index is 1.47. The molecule has 1 aliphatic heterocycles. The van der Waals surface area contributed by atoms with Crippen molar-refractivity contribution in [3.63, 3.8) is 0 Å². The van der Waals surface area contributed by atoms with Gasteiger partial charge in [0.05, 0.1) is 16.9 Å². The summed E-state index contributed by atoms with van der Waals surface area (Å²) >= 11 is 0.